The molecule has 2 heterocycles. The molecule has 1 aliphatic heterocycles. The number of carbonyl (C=O) groups is 1. The van der Waals surface area contributed by atoms with Crippen LogP contribution < -0.4 is 25.8 Å². The number of nitrogens with one attached hydrogen (secondary N) is 2. The number of amides is 1. The van der Waals surface area contributed by atoms with Gasteiger partial charge in [-0.05, 0) is 87.1 Å². The number of nitrogens with zero attached hydrogens (tertiary/aromatic N) is 3. The van der Waals surface area contributed by atoms with E-state index in [1.165, 1.54) is 19.5 Å². The number of aryl methyl sites for hydroxylation is 1. The molecule has 11 heteroatoms. The summed E-state index contributed by atoms with van der Waals surface area (Å²) < 4.78 is 27.3. The number of methoxy groups -OCH3 is 1. The van der Waals surface area contributed by atoms with Crippen molar-refractivity contribution in [3.8, 4) is 11.8 Å². The van der Waals surface area contributed by atoms with E-state index in [1.54, 1.807) is 0 Å². The van der Waals surface area contributed by atoms with Gasteiger partial charge in [0.25, 0.3) is 5.91 Å². The van der Waals surface area contributed by atoms with E-state index in [4.69, 9.17) is 15.2 Å². The molecule has 3 aromatic carbocycles. The minimum Gasteiger partial charge on any atom is -0.488 e. The van der Waals surface area contributed by atoms with Gasteiger partial charge in [-0.15, -0.1) is 0 Å². The van der Waals surface area contributed by atoms with Crippen molar-refractivity contribution in [2.45, 2.75) is 77.0 Å². The molecule has 0 aliphatic carbocycles. The molecule has 4 N–H and O–H groups in total. The highest BCUT2D eigenvalue weighted by Crippen LogP contribution is 2.41. The zero-order chi connectivity index (χ0) is 34.6. The van der Waals surface area contributed by atoms with Gasteiger partial charge in [0.1, 0.15) is 22.8 Å². The van der Waals surface area contributed by atoms with Gasteiger partial charge in [0.2, 0.25) is 0 Å². The molecule has 0 bridgehead atoms. The van der Waals surface area contributed by atoms with E-state index in [0.29, 0.717) is 35.0 Å². The van der Waals surface area contributed by atoms with Crippen molar-refractivity contribution in [1.29, 1.82) is 0 Å². The monoisotopic (exact) mass is 670 g/mol. The maximum atomic E-state index is 13.9. The van der Waals surface area contributed by atoms with E-state index >= 15 is 0 Å². The number of carbonyl (C=O) groups excluding carboxylic acids is 1. The van der Waals surface area contributed by atoms with Crippen LogP contribution in [0.1, 0.15) is 78.2 Å². The van der Waals surface area contributed by atoms with Crippen LogP contribution in [-0.4, -0.2) is 56.2 Å². The average molecular weight is 671 g/mol. The van der Waals surface area contributed by atoms with E-state index in [-0.39, 0.29) is 23.9 Å². The van der Waals surface area contributed by atoms with Gasteiger partial charge in [-0.2, -0.15) is 0 Å². The largest absolute Gasteiger partial charge is 0.488 e. The van der Waals surface area contributed by atoms with Crippen molar-refractivity contribution in [2.24, 2.45) is 0 Å². The predicted octanol–water partition coefficient (Wildman–Crippen LogP) is 6.15. The first-order valence-electron chi connectivity index (χ1n) is 16.3. The van der Waals surface area contributed by atoms with Crippen molar-refractivity contribution in [2.75, 3.05) is 31.2 Å². The third-order valence-corrected chi connectivity index (χ3v) is 10.4. The number of nitrogen functional groups attached to an aromatic ring is 1. The fourth-order valence-electron chi connectivity index (χ4n) is 6.27. The third-order valence-electron chi connectivity index (χ3n) is 8.95. The first-order valence-corrected chi connectivity index (χ1v) is 17.4. The molecule has 1 amide bonds. The Hall–Kier alpha value is -4.48. The second-order valence-electron chi connectivity index (χ2n) is 12.7. The molecule has 48 heavy (non-hydrogen) atoms. The average Bonchev–Trinajstić information content (AvgIpc) is 3.21. The SMILES string of the molecule is CCNc1ccc(C(c2ccc(C)c(CN3C[C@@H](CC)Oc4ccccc4S3=O)c2)C(C)(C)NC(=O)c2cnc(OC)nc2)c(C)c1N. The molecule has 0 saturated carbocycles. The van der Waals surface area contributed by atoms with Gasteiger partial charge < -0.3 is 25.8 Å². The maximum absolute atomic E-state index is 13.9. The maximum Gasteiger partial charge on any atom is 0.316 e. The molecular formula is C37H46N6O4S. The number of rotatable bonds is 11. The van der Waals surface area contributed by atoms with Crippen molar-refractivity contribution in [3.05, 3.63) is 100 Å². The van der Waals surface area contributed by atoms with Crippen LogP contribution in [0.25, 0.3) is 0 Å². The summed E-state index contributed by atoms with van der Waals surface area (Å²) in [7, 11) is 0.0717. The molecule has 5 rings (SSSR count). The van der Waals surface area contributed by atoms with Crippen LogP contribution >= 0.6 is 0 Å². The van der Waals surface area contributed by atoms with Crippen LogP contribution in [0.15, 0.2) is 71.9 Å². The zero-order valence-electron chi connectivity index (χ0n) is 28.8. The van der Waals surface area contributed by atoms with E-state index in [2.05, 4.69) is 58.7 Å². The number of anilines is 2. The van der Waals surface area contributed by atoms with E-state index in [0.717, 1.165) is 46.5 Å². The summed E-state index contributed by atoms with van der Waals surface area (Å²) in [5, 5.41) is 6.60. The van der Waals surface area contributed by atoms with Crippen LogP contribution in [0, 0.1) is 13.8 Å². The molecule has 254 valence electrons. The van der Waals surface area contributed by atoms with Gasteiger partial charge in [-0.1, -0.05) is 43.3 Å². The standard InChI is InChI=1S/C37H46N6O4S/c1-8-28-22-43(48(45)32-13-11-10-12-31(32)47-28)21-26-18-25(15-14-23(26)3)33(29-16-17-30(39-9-2)34(38)24(29)4)37(5,6)42-35(44)27-19-40-36(46-7)41-20-27/h10-20,28,33,39H,8-9,21-22,38H2,1-7H3,(H,42,44)/t28-,33?,48?/m1/s1. The van der Waals surface area contributed by atoms with Gasteiger partial charge in [0.15, 0.2) is 0 Å². The number of hydrogen-bond donors (Lipinski definition) is 3. The molecule has 2 unspecified atom stereocenters. The van der Waals surface area contributed by atoms with Gasteiger partial charge in [-0.3, -0.25) is 4.79 Å². The predicted molar refractivity (Wildman–Crippen MR) is 191 cm³/mol. The molecule has 1 aliphatic rings. The normalized spacial score (nSPS) is 17.1. The van der Waals surface area contributed by atoms with Crippen LogP contribution in [-0.2, 0) is 17.5 Å². The summed E-state index contributed by atoms with van der Waals surface area (Å²) in [5.74, 6) is 0.0590. The number of para-hydroxylation sites is 1. The van der Waals surface area contributed by atoms with E-state index < -0.39 is 16.5 Å². The lowest BCUT2D eigenvalue weighted by Gasteiger charge is -2.38. The van der Waals surface area contributed by atoms with E-state index in [1.807, 2.05) is 62.3 Å². The highest BCUT2D eigenvalue weighted by Gasteiger charge is 2.36. The lowest BCUT2D eigenvalue weighted by Crippen LogP contribution is -2.48. The molecule has 10 nitrogen and oxygen atoms in total. The molecule has 0 radical (unpaired) electrons. The lowest BCUT2D eigenvalue weighted by molar-refractivity contribution is 0.0905. The summed E-state index contributed by atoms with van der Waals surface area (Å²) in [4.78, 5) is 22.5. The fraction of sp³-hybridized carbons (Fsp3) is 0.378. The molecule has 0 saturated heterocycles. The molecular weight excluding hydrogens is 625 g/mol. The molecule has 0 spiro atoms. The summed E-state index contributed by atoms with van der Waals surface area (Å²) in [6.07, 6.45) is 3.61. The Morgan fingerprint density at radius 1 is 1.12 bits per heavy atom. The topological polar surface area (TPSA) is 132 Å². The highest BCUT2D eigenvalue weighted by atomic mass is 32.2. The Kier molecular flexibility index (Phi) is 10.7. The van der Waals surface area contributed by atoms with E-state index in [9.17, 15) is 9.00 Å². The number of nitrogens with two attached hydrogens (primary N) is 1. The number of aromatic nitrogens is 2. The van der Waals surface area contributed by atoms with Crippen molar-refractivity contribution >= 4 is 28.3 Å². The summed E-state index contributed by atoms with van der Waals surface area (Å²) >= 11 is 0. The van der Waals surface area contributed by atoms with Gasteiger partial charge in [-0.25, -0.2) is 18.5 Å². The van der Waals surface area contributed by atoms with Crippen molar-refractivity contribution in [3.63, 3.8) is 0 Å². The molecule has 3 atom stereocenters. The van der Waals surface area contributed by atoms with Crippen LogP contribution in [0.3, 0.4) is 0 Å². The smallest absolute Gasteiger partial charge is 0.316 e. The molecule has 1 aromatic heterocycles. The minimum absolute atomic E-state index is 0.0919. The minimum atomic E-state index is -1.41. The zero-order valence-corrected chi connectivity index (χ0v) is 29.6. The number of ether oxygens (including phenoxy) is 2. The number of fused-ring (bicyclic) bond motifs is 1. The fourth-order valence-corrected chi connectivity index (χ4v) is 7.59. The van der Waals surface area contributed by atoms with Crippen LogP contribution in [0.2, 0.25) is 0 Å². The Morgan fingerprint density at radius 3 is 2.54 bits per heavy atom. The van der Waals surface area contributed by atoms with Gasteiger partial charge in [0, 0.05) is 43.5 Å². The Morgan fingerprint density at radius 2 is 1.85 bits per heavy atom. The number of hydrogen-bond acceptors (Lipinski definition) is 8. The summed E-state index contributed by atoms with van der Waals surface area (Å²) in [6.45, 7) is 14.0. The quantitative estimate of drug-likeness (QED) is 0.162. The molecule has 0 fully saturated rings. The summed E-state index contributed by atoms with van der Waals surface area (Å²) in [5.41, 5.74) is 12.8. The van der Waals surface area contributed by atoms with Crippen molar-refractivity contribution in [1.82, 2.24) is 19.6 Å². The van der Waals surface area contributed by atoms with Gasteiger partial charge in [0.05, 0.1) is 28.9 Å². The highest BCUT2D eigenvalue weighted by molar-refractivity contribution is 7.82. The first-order chi connectivity index (χ1) is 23.0. The molecule has 4 aromatic rings. The first kappa shape index (κ1) is 34.8. The Balaban J connectivity index is 1.56. The number of benzene rings is 3. The van der Waals surface area contributed by atoms with Crippen molar-refractivity contribution < 1.29 is 18.5 Å². The Bertz CT molecular complexity index is 1800. The van der Waals surface area contributed by atoms with Crippen LogP contribution in [0.5, 0.6) is 11.8 Å². The lowest BCUT2D eigenvalue weighted by atomic mass is 9.74. The second-order valence-corrected chi connectivity index (χ2v) is 14.1. The summed E-state index contributed by atoms with van der Waals surface area (Å²) in [6, 6.07) is 18.2. The van der Waals surface area contributed by atoms with Gasteiger partial charge >= 0.3 is 6.01 Å². The second kappa shape index (κ2) is 14.7. The third kappa shape index (κ3) is 7.32. The van der Waals surface area contributed by atoms with Crippen LogP contribution in [0.4, 0.5) is 11.4 Å². The Labute approximate surface area is 286 Å².